The monoisotopic (exact) mass is 349 g/mol. The fraction of sp³-hybridized carbons (Fsp3) is 0.684. The second-order valence-electron chi connectivity index (χ2n) is 6.96. The average Bonchev–Trinajstić information content (AvgIpc) is 2.54. The maximum atomic E-state index is 3.89. The van der Waals surface area contributed by atoms with E-state index in [0.29, 0.717) is 0 Å². The van der Waals surface area contributed by atoms with Crippen LogP contribution in [0.3, 0.4) is 0 Å². The Morgan fingerprint density at radius 2 is 1.71 bits per heavy atom. The molecule has 3 rings (SSSR count). The molecule has 2 saturated carbocycles. The van der Waals surface area contributed by atoms with Gasteiger partial charge in [-0.3, -0.25) is 0 Å². The molecule has 0 heterocycles. The van der Waals surface area contributed by atoms with Gasteiger partial charge in [0.05, 0.1) is 0 Å². The van der Waals surface area contributed by atoms with Gasteiger partial charge in [0.15, 0.2) is 0 Å². The molecule has 0 radical (unpaired) electrons. The molecule has 116 valence electrons. The van der Waals surface area contributed by atoms with Gasteiger partial charge in [-0.05, 0) is 42.4 Å². The molecule has 0 aromatic heterocycles. The molecular weight excluding hydrogens is 322 g/mol. The van der Waals surface area contributed by atoms with Gasteiger partial charge in [-0.25, -0.2) is 0 Å². The molecule has 2 atom stereocenters. The molecule has 21 heavy (non-hydrogen) atoms. The van der Waals surface area contributed by atoms with Crippen molar-refractivity contribution in [2.45, 2.75) is 70.4 Å². The van der Waals surface area contributed by atoms with E-state index in [2.05, 4.69) is 45.5 Å². The summed E-state index contributed by atoms with van der Waals surface area (Å²) in [6.45, 7) is 1.02. The molecule has 1 nitrogen and oxygen atoms in total. The molecule has 1 aromatic rings. The molecule has 2 fully saturated rings. The van der Waals surface area contributed by atoms with E-state index in [-0.39, 0.29) is 0 Å². The van der Waals surface area contributed by atoms with Crippen molar-refractivity contribution in [3.8, 4) is 0 Å². The lowest BCUT2D eigenvalue weighted by Crippen LogP contribution is -2.42. The Morgan fingerprint density at radius 1 is 0.952 bits per heavy atom. The van der Waals surface area contributed by atoms with E-state index in [9.17, 15) is 0 Å². The summed E-state index contributed by atoms with van der Waals surface area (Å²) >= 11 is 3.57. The highest BCUT2D eigenvalue weighted by Gasteiger charge is 2.32. The van der Waals surface area contributed by atoms with Crippen molar-refractivity contribution in [1.29, 1.82) is 0 Å². The molecular formula is C19H28BrN. The van der Waals surface area contributed by atoms with Crippen LogP contribution in [0.2, 0.25) is 0 Å². The van der Waals surface area contributed by atoms with E-state index in [1.807, 2.05) is 0 Å². The van der Waals surface area contributed by atoms with Crippen LogP contribution in [-0.4, -0.2) is 6.04 Å². The van der Waals surface area contributed by atoms with Gasteiger partial charge in [-0.15, -0.1) is 0 Å². The van der Waals surface area contributed by atoms with E-state index in [0.717, 1.165) is 24.4 Å². The van der Waals surface area contributed by atoms with Crippen LogP contribution in [0.5, 0.6) is 0 Å². The molecule has 1 aromatic carbocycles. The van der Waals surface area contributed by atoms with Gasteiger partial charge >= 0.3 is 0 Å². The first-order valence-electron chi connectivity index (χ1n) is 8.81. The second-order valence-corrected chi connectivity index (χ2v) is 7.88. The Kier molecular flexibility index (Phi) is 5.76. The zero-order valence-corrected chi connectivity index (χ0v) is 14.6. The van der Waals surface area contributed by atoms with Crippen LogP contribution in [0.1, 0.15) is 63.4 Å². The smallest absolute Gasteiger partial charge is 0.0208 e. The predicted octanol–water partition coefficient (Wildman–Crippen LogP) is 5.68. The highest BCUT2D eigenvalue weighted by atomic mass is 79.9. The number of benzene rings is 1. The number of hydrogen-bond donors (Lipinski definition) is 1. The SMILES string of the molecule is Brc1cccc(CNC2CCCCC2C2CCCCC2)c1. The third-order valence-electron chi connectivity index (χ3n) is 5.53. The zero-order valence-electron chi connectivity index (χ0n) is 13.0. The lowest BCUT2D eigenvalue weighted by Gasteiger charge is -2.39. The van der Waals surface area contributed by atoms with Gasteiger partial charge in [0.1, 0.15) is 0 Å². The number of nitrogens with one attached hydrogen (secondary N) is 1. The largest absolute Gasteiger partial charge is 0.310 e. The number of halogens is 1. The molecule has 0 amide bonds. The molecule has 2 aliphatic carbocycles. The molecule has 2 unspecified atom stereocenters. The minimum atomic E-state index is 0.751. The molecule has 0 aliphatic heterocycles. The maximum Gasteiger partial charge on any atom is 0.0208 e. The Labute approximate surface area is 138 Å². The molecule has 2 aliphatic rings. The van der Waals surface area contributed by atoms with E-state index >= 15 is 0 Å². The van der Waals surface area contributed by atoms with E-state index in [4.69, 9.17) is 0 Å². The van der Waals surface area contributed by atoms with Crippen LogP contribution < -0.4 is 5.32 Å². The molecule has 2 heteroatoms. The predicted molar refractivity (Wildman–Crippen MR) is 93.3 cm³/mol. The van der Waals surface area contributed by atoms with Crippen molar-refractivity contribution in [1.82, 2.24) is 5.32 Å². The van der Waals surface area contributed by atoms with Crippen LogP contribution in [0, 0.1) is 11.8 Å². The summed E-state index contributed by atoms with van der Waals surface area (Å²) in [6, 6.07) is 9.47. The topological polar surface area (TPSA) is 12.0 Å². The molecule has 0 saturated heterocycles. The fourth-order valence-corrected chi connectivity index (χ4v) is 4.88. The van der Waals surface area contributed by atoms with Gasteiger partial charge in [0, 0.05) is 17.1 Å². The first-order valence-corrected chi connectivity index (χ1v) is 9.60. The number of rotatable bonds is 4. The Balaban J connectivity index is 1.58. The van der Waals surface area contributed by atoms with Crippen LogP contribution in [-0.2, 0) is 6.54 Å². The highest BCUT2D eigenvalue weighted by Crippen LogP contribution is 2.38. The standard InChI is InChI=1S/C19H28BrN/c20-17-10-6-7-15(13-17)14-21-19-12-5-4-11-18(19)16-8-2-1-3-9-16/h6-7,10,13,16,18-19,21H,1-5,8-9,11-12,14H2. The third-order valence-corrected chi connectivity index (χ3v) is 6.03. The maximum absolute atomic E-state index is 3.89. The summed E-state index contributed by atoms with van der Waals surface area (Å²) in [5, 5.41) is 3.89. The van der Waals surface area contributed by atoms with Crippen LogP contribution in [0.15, 0.2) is 28.7 Å². The van der Waals surface area contributed by atoms with Crippen LogP contribution >= 0.6 is 15.9 Å². The normalized spacial score (nSPS) is 27.7. The number of hydrogen-bond acceptors (Lipinski definition) is 1. The summed E-state index contributed by atoms with van der Waals surface area (Å²) in [6.07, 6.45) is 13.1. The summed E-state index contributed by atoms with van der Waals surface area (Å²) in [7, 11) is 0. The first kappa shape index (κ1) is 15.6. The first-order chi connectivity index (χ1) is 10.3. The third kappa shape index (κ3) is 4.32. The van der Waals surface area contributed by atoms with Crippen molar-refractivity contribution in [2.75, 3.05) is 0 Å². The average molecular weight is 350 g/mol. The van der Waals surface area contributed by atoms with Gasteiger partial charge in [0.2, 0.25) is 0 Å². The lowest BCUT2D eigenvalue weighted by molar-refractivity contribution is 0.149. The van der Waals surface area contributed by atoms with E-state index < -0.39 is 0 Å². The Hall–Kier alpha value is -0.340. The minimum absolute atomic E-state index is 0.751. The van der Waals surface area contributed by atoms with Crippen LogP contribution in [0.4, 0.5) is 0 Å². The summed E-state index contributed by atoms with van der Waals surface area (Å²) in [5.41, 5.74) is 1.40. The molecule has 0 spiro atoms. The molecule has 1 N–H and O–H groups in total. The van der Waals surface area contributed by atoms with E-state index in [1.54, 1.807) is 0 Å². The minimum Gasteiger partial charge on any atom is -0.310 e. The van der Waals surface area contributed by atoms with Gasteiger partial charge in [0.25, 0.3) is 0 Å². The lowest BCUT2D eigenvalue weighted by atomic mass is 9.71. The highest BCUT2D eigenvalue weighted by molar-refractivity contribution is 9.10. The van der Waals surface area contributed by atoms with Gasteiger partial charge in [-0.1, -0.05) is 73.0 Å². The Morgan fingerprint density at radius 3 is 2.52 bits per heavy atom. The van der Waals surface area contributed by atoms with Gasteiger partial charge < -0.3 is 5.32 Å². The van der Waals surface area contributed by atoms with Crippen molar-refractivity contribution in [2.24, 2.45) is 11.8 Å². The van der Waals surface area contributed by atoms with Gasteiger partial charge in [-0.2, -0.15) is 0 Å². The summed E-state index contributed by atoms with van der Waals surface area (Å²) < 4.78 is 1.19. The Bertz CT molecular complexity index is 439. The van der Waals surface area contributed by atoms with Crippen LogP contribution in [0.25, 0.3) is 0 Å². The van der Waals surface area contributed by atoms with Crippen molar-refractivity contribution >= 4 is 15.9 Å². The van der Waals surface area contributed by atoms with Crippen molar-refractivity contribution in [3.63, 3.8) is 0 Å². The summed E-state index contributed by atoms with van der Waals surface area (Å²) in [4.78, 5) is 0. The zero-order chi connectivity index (χ0) is 14.5. The quantitative estimate of drug-likeness (QED) is 0.737. The van der Waals surface area contributed by atoms with E-state index in [1.165, 1.54) is 67.8 Å². The summed E-state index contributed by atoms with van der Waals surface area (Å²) in [5.74, 6) is 1.94. The van der Waals surface area contributed by atoms with Crippen molar-refractivity contribution < 1.29 is 0 Å². The van der Waals surface area contributed by atoms with Crippen molar-refractivity contribution in [3.05, 3.63) is 34.3 Å². The molecule has 0 bridgehead atoms. The fourth-order valence-electron chi connectivity index (χ4n) is 4.44. The second kappa shape index (κ2) is 7.78.